The zero-order valence-electron chi connectivity index (χ0n) is 13.5. The number of nitrogens with one attached hydrogen (secondary N) is 1. The minimum absolute atomic E-state index is 0.0646. The molecule has 5 heteroatoms. The molecule has 0 bridgehead atoms. The van der Waals surface area contributed by atoms with E-state index in [0.29, 0.717) is 6.42 Å². The van der Waals surface area contributed by atoms with Gasteiger partial charge in [0.15, 0.2) is 0 Å². The Morgan fingerprint density at radius 1 is 1.26 bits per heavy atom. The van der Waals surface area contributed by atoms with Crippen LogP contribution in [0.4, 0.5) is 5.69 Å². The van der Waals surface area contributed by atoms with E-state index in [0.717, 1.165) is 33.9 Å². The Morgan fingerprint density at radius 2 is 2.09 bits per heavy atom. The first-order valence-electron chi connectivity index (χ1n) is 7.42. The standard InChI is InChI=1S/C18H19N3O2/c1-12-19-16-11-14(7-8-17(16)21(12)2)20-18(22)10-13-5-4-6-15(9-13)23-3/h4-9,11H,10H2,1-3H3,(H,20,22). The molecule has 0 unspecified atom stereocenters. The van der Waals surface area contributed by atoms with Crippen molar-refractivity contribution >= 4 is 22.6 Å². The van der Waals surface area contributed by atoms with E-state index in [1.807, 2.05) is 61.0 Å². The third-order valence-electron chi connectivity index (χ3n) is 3.89. The highest BCUT2D eigenvalue weighted by atomic mass is 16.5. The third kappa shape index (κ3) is 3.18. The average Bonchev–Trinajstić information content (AvgIpc) is 2.81. The molecule has 1 amide bonds. The van der Waals surface area contributed by atoms with Crippen molar-refractivity contribution in [3.63, 3.8) is 0 Å². The SMILES string of the molecule is COc1cccc(CC(=O)Nc2ccc3c(c2)nc(C)n3C)c1. The van der Waals surface area contributed by atoms with Gasteiger partial charge in [0, 0.05) is 12.7 Å². The quantitative estimate of drug-likeness (QED) is 0.806. The summed E-state index contributed by atoms with van der Waals surface area (Å²) >= 11 is 0. The number of fused-ring (bicyclic) bond motifs is 1. The summed E-state index contributed by atoms with van der Waals surface area (Å²) in [7, 11) is 3.59. The first-order valence-corrected chi connectivity index (χ1v) is 7.42. The Balaban J connectivity index is 1.74. The van der Waals surface area contributed by atoms with Gasteiger partial charge in [-0.05, 0) is 42.8 Å². The average molecular weight is 309 g/mol. The number of hydrogen-bond donors (Lipinski definition) is 1. The predicted octanol–water partition coefficient (Wildman–Crippen LogP) is 3.07. The summed E-state index contributed by atoms with van der Waals surface area (Å²) in [6.07, 6.45) is 0.302. The topological polar surface area (TPSA) is 56.1 Å². The molecule has 3 aromatic rings. The van der Waals surface area contributed by atoms with Crippen molar-refractivity contribution in [2.45, 2.75) is 13.3 Å². The third-order valence-corrected chi connectivity index (χ3v) is 3.89. The molecule has 0 aliphatic rings. The van der Waals surface area contributed by atoms with Crippen molar-refractivity contribution in [1.29, 1.82) is 0 Å². The van der Waals surface area contributed by atoms with E-state index in [2.05, 4.69) is 10.3 Å². The molecule has 0 spiro atoms. The van der Waals surface area contributed by atoms with E-state index in [-0.39, 0.29) is 5.91 Å². The molecule has 5 nitrogen and oxygen atoms in total. The highest BCUT2D eigenvalue weighted by Crippen LogP contribution is 2.20. The molecule has 2 aromatic carbocycles. The van der Waals surface area contributed by atoms with Gasteiger partial charge in [0.25, 0.3) is 0 Å². The Hall–Kier alpha value is -2.82. The summed E-state index contributed by atoms with van der Waals surface area (Å²) in [4.78, 5) is 16.7. The molecule has 0 atom stereocenters. The van der Waals surface area contributed by atoms with Gasteiger partial charge < -0.3 is 14.6 Å². The van der Waals surface area contributed by atoms with Crippen molar-refractivity contribution in [3.8, 4) is 5.75 Å². The number of anilines is 1. The number of aromatic nitrogens is 2. The second-order valence-electron chi connectivity index (χ2n) is 5.50. The van der Waals surface area contributed by atoms with Gasteiger partial charge in [-0.15, -0.1) is 0 Å². The smallest absolute Gasteiger partial charge is 0.228 e. The Bertz CT molecular complexity index is 868. The number of imidazole rings is 1. The van der Waals surface area contributed by atoms with Gasteiger partial charge in [0.05, 0.1) is 24.6 Å². The van der Waals surface area contributed by atoms with Crippen LogP contribution in [0.1, 0.15) is 11.4 Å². The van der Waals surface area contributed by atoms with Gasteiger partial charge in [-0.3, -0.25) is 4.79 Å². The van der Waals surface area contributed by atoms with Crippen molar-refractivity contribution in [2.75, 3.05) is 12.4 Å². The van der Waals surface area contributed by atoms with E-state index >= 15 is 0 Å². The van der Waals surface area contributed by atoms with Crippen LogP contribution in [0.5, 0.6) is 5.75 Å². The van der Waals surface area contributed by atoms with E-state index in [4.69, 9.17) is 4.74 Å². The summed E-state index contributed by atoms with van der Waals surface area (Å²) in [5, 5.41) is 2.92. The van der Waals surface area contributed by atoms with Crippen LogP contribution in [0.3, 0.4) is 0 Å². The van der Waals surface area contributed by atoms with Gasteiger partial charge in [-0.1, -0.05) is 12.1 Å². The molecule has 1 N–H and O–H groups in total. The zero-order chi connectivity index (χ0) is 16.4. The minimum atomic E-state index is -0.0646. The lowest BCUT2D eigenvalue weighted by molar-refractivity contribution is -0.115. The molecule has 0 radical (unpaired) electrons. The van der Waals surface area contributed by atoms with Crippen LogP contribution in [-0.2, 0) is 18.3 Å². The normalized spacial score (nSPS) is 10.7. The van der Waals surface area contributed by atoms with Gasteiger partial charge in [0.2, 0.25) is 5.91 Å². The molecule has 3 rings (SSSR count). The van der Waals surface area contributed by atoms with Crippen LogP contribution in [-0.4, -0.2) is 22.6 Å². The number of benzene rings is 2. The van der Waals surface area contributed by atoms with Gasteiger partial charge in [-0.25, -0.2) is 4.98 Å². The second kappa shape index (κ2) is 6.12. The lowest BCUT2D eigenvalue weighted by Gasteiger charge is -2.07. The van der Waals surface area contributed by atoms with Crippen molar-refractivity contribution in [3.05, 3.63) is 53.9 Å². The summed E-state index contributed by atoms with van der Waals surface area (Å²) < 4.78 is 7.20. The number of nitrogens with zero attached hydrogens (tertiary/aromatic N) is 2. The molecule has 1 heterocycles. The Kier molecular flexibility index (Phi) is 4.02. The highest BCUT2D eigenvalue weighted by molar-refractivity contribution is 5.94. The molecule has 0 saturated carbocycles. The maximum atomic E-state index is 12.2. The first-order chi connectivity index (χ1) is 11.1. The van der Waals surface area contributed by atoms with E-state index in [1.54, 1.807) is 7.11 Å². The van der Waals surface area contributed by atoms with Crippen LogP contribution in [0.15, 0.2) is 42.5 Å². The number of rotatable bonds is 4. The van der Waals surface area contributed by atoms with E-state index in [9.17, 15) is 4.79 Å². The Morgan fingerprint density at radius 3 is 2.87 bits per heavy atom. The molecule has 0 aliphatic carbocycles. The number of methoxy groups -OCH3 is 1. The van der Waals surface area contributed by atoms with Crippen LogP contribution in [0, 0.1) is 6.92 Å². The van der Waals surface area contributed by atoms with Gasteiger partial charge in [-0.2, -0.15) is 0 Å². The summed E-state index contributed by atoms with van der Waals surface area (Å²) in [5.74, 6) is 1.63. The number of hydrogen-bond acceptors (Lipinski definition) is 3. The fraction of sp³-hybridized carbons (Fsp3) is 0.222. The van der Waals surface area contributed by atoms with Gasteiger partial charge >= 0.3 is 0 Å². The van der Waals surface area contributed by atoms with Crippen molar-refractivity contribution < 1.29 is 9.53 Å². The lowest BCUT2D eigenvalue weighted by Crippen LogP contribution is -2.14. The molecule has 118 valence electrons. The maximum absolute atomic E-state index is 12.2. The molecule has 0 aliphatic heterocycles. The summed E-state index contributed by atoms with van der Waals surface area (Å²) in [6.45, 7) is 1.96. The molecule has 0 fully saturated rings. The molecular weight excluding hydrogens is 290 g/mol. The monoisotopic (exact) mass is 309 g/mol. The predicted molar refractivity (Wildman–Crippen MR) is 90.8 cm³/mol. The largest absolute Gasteiger partial charge is 0.497 e. The zero-order valence-corrected chi connectivity index (χ0v) is 13.5. The van der Waals surface area contributed by atoms with E-state index in [1.165, 1.54) is 0 Å². The number of carbonyl (C=O) groups excluding carboxylic acids is 1. The molecule has 0 saturated heterocycles. The van der Waals surface area contributed by atoms with Crippen molar-refractivity contribution in [1.82, 2.24) is 9.55 Å². The second-order valence-corrected chi connectivity index (χ2v) is 5.50. The highest BCUT2D eigenvalue weighted by Gasteiger charge is 2.08. The van der Waals surface area contributed by atoms with Crippen LogP contribution in [0.2, 0.25) is 0 Å². The van der Waals surface area contributed by atoms with Crippen LogP contribution >= 0.6 is 0 Å². The summed E-state index contributed by atoms with van der Waals surface area (Å²) in [6, 6.07) is 13.3. The van der Waals surface area contributed by atoms with Crippen molar-refractivity contribution in [2.24, 2.45) is 7.05 Å². The number of amides is 1. The molecular formula is C18H19N3O2. The van der Waals surface area contributed by atoms with Crippen LogP contribution in [0.25, 0.3) is 11.0 Å². The van der Waals surface area contributed by atoms with E-state index < -0.39 is 0 Å². The summed E-state index contributed by atoms with van der Waals surface area (Å²) in [5.41, 5.74) is 3.59. The first kappa shape index (κ1) is 15.1. The Labute approximate surface area is 134 Å². The fourth-order valence-corrected chi connectivity index (χ4v) is 2.57. The fourth-order valence-electron chi connectivity index (χ4n) is 2.57. The van der Waals surface area contributed by atoms with Crippen LogP contribution < -0.4 is 10.1 Å². The number of carbonyl (C=O) groups is 1. The lowest BCUT2D eigenvalue weighted by atomic mass is 10.1. The molecule has 1 aromatic heterocycles. The van der Waals surface area contributed by atoms with Gasteiger partial charge in [0.1, 0.15) is 11.6 Å². The number of aryl methyl sites for hydroxylation is 2. The minimum Gasteiger partial charge on any atom is -0.497 e. The molecule has 23 heavy (non-hydrogen) atoms. The maximum Gasteiger partial charge on any atom is 0.228 e. The number of ether oxygens (including phenoxy) is 1.